The highest BCUT2D eigenvalue weighted by molar-refractivity contribution is 7.93. The fraction of sp³-hybridized carbons (Fsp3) is 0.192. The second-order valence-corrected chi connectivity index (χ2v) is 10.4. The number of hydrogen-bond acceptors (Lipinski definition) is 5. The van der Waals surface area contributed by atoms with Crippen LogP contribution >= 0.6 is 0 Å². The summed E-state index contributed by atoms with van der Waals surface area (Å²) < 4.78 is 63.5. The second kappa shape index (κ2) is 10.3. The molecule has 11 heteroatoms. The first-order chi connectivity index (χ1) is 17.4. The first-order valence-corrected chi connectivity index (χ1v) is 12.7. The van der Waals surface area contributed by atoms with E-state index in [-0.39, 0.29) is 17.1 Å². The Balaban J connectivity index is 1.81. The van der Waals surface area contributed by atoms with Gasteiger partial charge in [-0.2, -0.15) is 21.6 Å². The summed E-state index contributed by atoms with van der Waals surface area (Å²) in [5.74, 6) is -0.254. The zero-order chi connectivity index (χ0) is 26.8. The monoisotopic (exact) mass is 530 g/mol. The Labute approximate surface area is 212 Å². The number of sulfonamides is 1. The van der Waals surface area contributed by atoms with Crippen molar-refractivity contribution in [2.24, 2.45) is 4.99 Å². The molecule has 0 bridgehead atoms. The number of benzene rings is 3. The van der Waals surface area contributed by atoms with Crippen molar-refractivity contribution in [3.05, 3.63) is 89.5 Å². The topological polar surface area (TPSA) is 97.8 Å². The van der Waals surface area contributed by atoms with Gasteiger partial charge in [-0.3, -0.25) is 4.72 Å². The molecule has 0 fully saturated rings. The maximum atomic E-state index is 12.9. The number of halogens is 3. The number of nitrogens with one attached hydrogen (secondary N) is 2. The van der Waals surface area contributed by atoms with Gasteiger partial charge in [-0.15, -0.1) is 0 Å². The molecule has 1 heterocycles. The van der Waals surface area contributed by atoms with E-state index in [2.05, 4.69) is 9.88 Å². The summed E-state index contributed by atoms with van der Waals surface area (Å²) in [5, 5.41) is 11.1. The minimum atomic E-state index is -5.62. The molecule has 0 unspecified atom stereocenters. The van der Waals surface area contributed by atoms with Crippen molar-refractivity contribution in [3.63, 3.8) is 0 Å². The van der Waals surface area contributed by atoms with Gasteiger partial charge in [0.2, 0.25) is 0 Å². The largest absolute Gasteiger partial charge is 0.516 e. The fourth-order valence-corrected chi connectivity index (χ4v) is 4.33. The van der Waals surface area contributed by atoms with E-state index in [1.54, 1.807) is 29.0 Å². The van der Waals surface area contributed by atoms with Gasteiger partial charge in [0.15, 0.2) is 5.88 Å². The zero-order valence-corrected chi connectivity index (χ0v) is 20.9. The summed E-state index contributed by atoms with van der Waals surface area (Å²) in [6.07, 6.45) is 0.863. The van der Waals surface area contributed by atoms with E-state index < -0.39 is 15.5 Å². The van der Waals surface area contributed by atoms with Crippen LogP contribution in [0.15, 0.2) is 77.8 Å². The number of aromatic nitrogens is 1. The van der Waals surface area contributed by atoms with E-state index >= 15 is 0 Å². The van der Waals surface area contributed by atoms with E-state index in [9.17, 15) is 26.7 Å². The summed E-state index contributed by atoms with van der Waals surface area (Å²) in [6, 6.07) is 20.4. The Morgan fingerprint density at radius 2 is 1.70 bits per heavy atom. The van der Waals surface area contributed by atoms with E-state index in [0.29, 0.717) is 27.9 Å². The average molecular weight is 531 g/mol. The van der Waals surface area contributed by atoms with Gasteiger partial charge >= 0.3 is 15.5 Å². The molecular weight excluding hydrogens is 505 g/mol. The van der Waals surface area contributed by atoms with Crippen LogP contribution in [-0.2, 0) is 16.4 Å². The van der Waals surface area contributed by atoms with Crippen LogP contribution in [0.2, 0.25) is 0 Å². The lowest BCUT2D eigenvalue weighted by Gasteiger charge is -2.12. The predicted octanol–water partition coefficient (Wildman–Crippen LogP) is 5.41. The molecule has 3 aromatic carbocycles. The predicted molar refractivity (Wildman–Crippen MR) is 139 cm³/mol. The zero-order valence-electron chi connectivity index (χ0n) is 20.0. The lowest BCUT2D eigenvalue weighted by atomic mass is 10.0. The number of likely N-dealkylation sites (N-methyl/N-ethyl adjacent to an activating group) is 1. The number of anilines is 1. The number of aliphatic imine (C=N–C) groups is 1. The molecule has 37 heavy (non-hydrogen) atoms. The Kier molecular flexibility index (Phi) is 7.28. The third kappa shape index (κ3) is 5.95. The number of aromatic hydroxyl groups is 1. The van der Waals surface area contributed by atoms with Crippen LogP contribution in [0.3, 0.4) is 0 Å². The van der Waals surface area contributed by atoms with Gasteiger partial charge in [0.05, 0.1) is 17.0 Å². The summed E-state index contributed by atoms with van der Waals surface area (Å²) in [4.78, 5) is 9.65. The highest BCUT2D eigenvalue weighted by atomic mass is 32.2. The van der Waals surface area contributed by atoms with Crippen molar-refractivity contribution < 1.29 is 26.7 Å². The molecule has 0 aliphatic carbocycles. The Morgan fingerprint density at radius 1 is 1.03 bits per heavy atom. The summed E-state index contributed by atoms with van der Waals surface area (Å²) >= 11 is 0. The molecule has 1 aromatic heterocycles. The first-order valence-electron chi connectivity index (χ1n) is 11.3. The highest BCUT2D eigenvalue weighted by Gasteiger charge is 2.46. The number of H-pyrrole nitrogens is 1. The van der Waals surface area contributed by atoms with Crippen molar-refractivity contribution >= 4 is 38.0 Å². The number of rotatable bonds is 8. The molecule has 0 saturated heterocycles. The lowest BCUT2D eigenvalue weighted by Crippen LogP contribution is -2.29. The number of nitrogens with zero attached hydrogens (tertiary/aromatic N) is 2. The molecule has 4 rings (SSSR count). The first kappa shape index (κ1) is 26.2. The maximum Gasteiger partial charge on any atom is 0.516 e. The van der Waals surface area contributed by atoms with Gasteiger partial charge in [0.25, 0.3) is 0 Å². The Morgan fingerprint density at radius 3 is 2.32 bits per heavy atom. The quantitative estimate of drug-likeness (QED) is 0.266. The average Bonchev–Trinajstić information content (AvgIpc) is 3.16. The molecule has 7 nitrogen and oxygen atoms in total. The van der Waals surface area contributed by atoms with Crippen molar-refractivity contribution in [1.29, 1.82) is 0 Å². The molecule has 0 radical (unpaired) electrons. The van der Waals surface area contributed by atoms with Gasteiger partial charge in [-0.25, -0.2) is 4.99 Å². The van der Waals surface area contributed by atoms with Crippen LogP contribution in [0, 0.1) is 0 Å². The smallest absolute Gasteiger partial charge is 0.494 e. The van der Waals surface area contributed by atoms with Crippen LogP contribution < -0.4 is 4.72 Å². The van der Waals surface area contributed by atoms with E-state index in [4.69, 9.17) is 4.99 Å². The molecule has 0 aliphatic heterocycles. The molecule has 3 N–H and O–H groups in total. The van der Waals surface area contributed by atoms with Crippen LogP contribution in [0.25, 0.3) is 10.9 Å². The summed E-state index contributed by atoms with van der Waals surface area (Å²) in [5.41, 5.74) is -2.40. The molecular formula is C26H25F3N4O3S. The van der Waals surface area contributed by atoms with E-state index in [1.165, 1.54) is 18.2 Å². The van der Waals surface area contributed by atoms with Gasteiger partial charge in [-0.05, 0) is 56.4 Å². The summed E-state index contributed by atoms with van der Waals surface area (Å²) in [6.45, 7) is 0.890. The molecule has 0 aliphatic rings. The number of fused-ring (bicyclic) bond motifs is 1. The number of aromatic amines is 1. The molecule has 0 amide bonds. The van der Waals surface area contributed by atoms with Crippen molar-refractivity contribution in [2.75, 3.05) is 25.4 Å². The Bertz CT molecular complexity index is 1530. The van der Waals surface area contributed by atoms with E-state index in [0.717, 1.165) is 18.5 Å². The maximum absolute atomic E-state index is 12.9. The van der Waals surface area contributed by atoms with Crippen molar-refractivity contribution in [3.8, 4) is 5.88 Å². The molecule has 0 saturated carbocycles. The fourth-order valence-electron chi connectivity index (χ4n) is 3.77. The van der Waals surface area contributed by atoms with Gasteiger partial charge < -0.3 is 15.0 Å². The van der Waals surface area contributed by atoms with Crippen molar-refractivity contribution in [2.45, 2.75) is 11.9 Å². The van der Waals surface area contributed by atoms with E-state index in [1.807, 2.05) is 44.4 Å². The van der Waals surface area contributed by atoms with Crippen LogP contribution in [0.4, 0.5) is 24.5 Å². The number of alkyl halides is 3. The standard InChI is InChI=1S/C26H25F3N4O3S/c1-33(2)15-14-17-8-10-19(11-9-17)30-24(18-6-4-3-5-7-18)23-21-16-20(12-13-22(21)31-25(23)34)32-37(35,36)26(27,28)29/h3-13,16,31-32,34H,14-15H2,1-2H3. The minimum Gasteiger partial charge on any atom is -0.494 e. The normalized spacial score (nSPS) is 12.9. The van der Waals surface area contributed by atoms with Crippen LogP contribution in [-0.4, -0.2) is 55.3 Å². The molecule has 194 valence electrons. The molecule has 4 aromatic rings. The van der Waals surface area contributed by atoms with Crippen LogP contribution in [0.1, 0.15) is 16.7 Å². The molecule has 0 spiro atoms. The highest BCUT2D eigenvalue weighted by Crippen LogP contribution is 2.34. The molecule has 0 atom stereocenters. The summed E-state index contributed by atoms with van der Waals surface area (Å²) in [7, 11) is -1.62. The third-order valence-electron chi connectivity index (χ3n) is 5.64. The lowest BCUT2D eigenvalue weighted by molar-refractivity contribution is -0.0429. The third-order valence-corrected chi connectivity index (χ3v) is 6.76. The van der Waals surface area contributed by atoms with Crippen LogP contribution in [0.5, 0.6) is 5.88 Å². The Hall–Kier alpha value is -3.83. The SMILES string of the molecule is CN(C)CCc1ccc(N=C(c2ccccc2)c2c(O)[nH]c3ccc(NS(=O)(=O)C(F)(F)F)cc23)cc1. The minimum absolute atomic E-state index is 0.228. The van der Waals surface area contributed by atoms with Gasteiger partial charge in [0.1, 0.15) is 0 Å². The second-order valence-electron chi connectivity index (χ2n) is 8.71. The van der Waals surface area contributed by atoms with Crippen molar-refractivity contribution in [1.82, 2.24) is 9.88 Å². The van der Waals surface area contributed by atoms with Gasteiger partial charge in [0, 0.05) is 28.7 Å². The number of hydrogen-bond donors (Lipinski definition) is 3. The van der Waals surface area contributed by atoms with Gasteiger partial charge in [-0.1, -0.05) is 42.5 Å².